The van der Waals surface area contributed by atoms with E-state index in [0.29, 0.717) is 22.4 Å². The Balaban J connectivity index is 1.28. The second-order valence-electron chi connectivity index (χ2n) is 8.23. The minimum absolute atomic E-state index is 0.102. The lowest BCUT2D eigenvalue weighted by Gasteiger charge is -2.14. The van der Waals surface area contributed by atoms with E-state index in [-0.39, 0.29) is 23.4 Å². The Kier molecular flexibility index (Phi) is 7.48. The van der Waals surface area contributed by atoms with Crippen LogP contribution < -0.4 is 10.6 Å². The second-order valence-corrected chi connectivity index (χ2v) is 10.2. The van der Waals surface area contributed by atoms with Crippen molar-refractivity contribution in [3.8, 4) is 0 Å². The number of imide groups is 1. The van der Waals surface area contributed by atoms with E-state index in [9.17, 15) is 19.2 Å². The number of rotatable bonds is 8. The lowest BCUT2D eigenvalue weighted by Crippen LogP contribution is -2.30. The van der Waals surface area contributed by atoms with Crippen molar-refractivity contribution < 1.29 is 19.2 Å². The number of nitrogens with one attached hydrogen (secondary N) is 2. The predicted molar refractivity (Wildman–Crippen MR) is 149 cm³/mol. The summed E-state index contributed by atoms with van der Waals surface area (Å²) in [5.74, 6) is -1.38. The minimum Gasteiger partial charge on any atom is -0.321 e. The fourth-order valence-corrected chi connectivity index (χ4v) is 5.37. The van der Waals surface area contributed by atoms with Crippen LogP contribution in [0.3, 0.4) is 0 Å². The third kappa shape index (κ3) is 5.59. The lowest BCUT2D eigenvalue weighted by atomic mass is 10.1. The number of anilines is 1. The number of carbonyl (C=O) groups excluding carboxylic acids is 4. The van der Waals surface area contributed by atoms with Gasteiger partial charge >= 0.3 is 0 Å². The summed E-state index contributed by atoms with van der Waals surface area (Å²) in [6.07, 6.45) is 1.63. The molecule has 9 heteroatoms. The van der Waals surface area contributed by atoms with E-state index < -0.39 is 11.8 Å². The number of hydrogen-bond donors (Lipinski definition) is 2. The van der Waals surface area contributed by atoms with Crippen molar-refractivity contribution in [2.24, 2.45) is 0 Å². The Labute approximate surface area is 227 Å². The first-order chi connectivity index (χ1) is 18.5. The zero-order valence-corrected chi connectivity index (χ0v) is 21.6. The smallest absolute Gasteiger partial charge is 0.272 e. The molecule has 0 unspecified atom stereocenters. The Morgan fingerprint density at radius 3 is 2.24 bits per heavy atom. The van der Waals surface area contributed by atoms with Gasteiger partial charge in [-0.25, -0.2) is 0 Å². The molecule has 4 amide bonds. The molecule has 0 fully saturated rings. The minimum atomic E-state index is -0.481. The number of hydrogen-bond acceptors (Lipinski definition) is 6. The van der Waals surface area contributed by atoms with Gasteiger partial charge in [0.1, 0.15) is 5.70 Å². The van der Waals surface area contributed by atoms with Gasteiger partial charge in [0.15, 0.2) is 0 Å². The quantitative estimate of drug-likeness (QED) is 0.175. The van der Waals surface area contributed by atoms with Gasteiger partial charge in [-0.2, -0.15) is 0 Å². The maximum atomic E-state index is 13.2. The molecule has 188 valence electrons. The van der Waals surface area contributed by atoms with Crippen molar-refractivity contribution >= 4 is 58.5 Å². The van der Waals surface area contributed by atoms with Crippen LogP contribution in [0.5, 0.6) is 0 Å². The van der Waals surface area contributed by atoms with E-state index in [4.69, 9.17) is 0 Å². The van der Waals surface area contributed by atoms with Crippen molar-refractivity contribution in [2.75, 3.05) is 11.2 Å². The zero-order valence-electron chi connectivity index (χ0n) is 19.9. The molecule has 38 heavy (non-hydrogen) atoms. The van der Waals surface area contributed by atoms with Gasteiger partial charge in [-0.15, -0.1) is 23.1 Å². The van der Waals surface area contributed by atoms with Gasteiger partial charge in [0.05, 0.1) is 17.0 Å². The van der Waals surface area contributed by atoms with Crippen LogP contribution in [-0.4, -0.2) is 34.4 Å². The van der Waals surface area contributed by atoms with Crippen molar-refractivity contribution in [3.05, 3.63) is 124 Å². The molecule has 0 atom stereocenters. The second kappa shape index (κ2) is 11.3. The maximum Gasteiger partial charge on any atom is 0.272 e. The van der Waals surface area contributed by atoms with E-state index in [2.05, 4.69) is 10.6 Å². The molecule has 4 aromatic rings. The van der Waals surface area contributed by atoms with Crippen LogP contribution in [0, 0.1) is 0 Å². The average molecular weight is 540 g/mol. The van der Waals surface area contributed by atoms with Crippen molar-refractivity contribution in [1.29, 1.82) is 0 Å². The summed E-state index contributed by atoms with van der Waals surface area (Å²) in [6.45, 7) is 0. The lowest BCUT2D eigenvalue weighted by molar-refractivity contribution is -0.113. The summed E-state index contributed by atoms with van der Waals surface area (Å²) in [7, 11) is 0. The van der Waals surface area contributed by atoms with Crippen molar-refractivity contribution in [1.82, 2.24) is 10.2 Å². The summed E-state index contributed by atoms with van der Waals surface area (Å²) < 4.78 is 0. The molecule has 1 aliphatic heterocycles. The topological polar surface area (TPSA) is 95.6 Å². The number of carbonyl (C=O) groups is 4. The summed E-state index contributed by atoms with van der Waals surface area (Å²) >= 11 is 2.75. The highest BCUT2D eigenvalue weighted by molar-refractivity contribution is 7.99. The van der Waals surface area contributed by atoms with Gasteiger partial charge in [0.2, 0.25) is 0 Å². The van der Waals surface area contributed by atoms with Crippen LogP contribution >= 0.6 is 23.1 Å². The fraction of sp³-hybridized carbons (Fsp3) is 0.0345. The summed E-state index contributed by atoms with van der Waals surface area (Å²) in [5, 5.41) is 7.43. The number of fused-ring (bicyclic) bond motifs is 1. The average Bonchev–Trinajstić information content (AvgIpc) is 3.54. The Hall–Kier alpha value is -4.47. The molecular formula is C29H21N3O4S2. The number of amides is 4. The van der Waals surface area contributed by atoms with E-state index in [1.165, 1.54) is 28.0 Å². The monoisotopic (exact) mass is 539 g/mol. The fourth-order valence-electron chi connectivity index (χ4n) is 3.82. The van der Waals surface area contributed by atoms with Crippen LogP contribution in [0.15, 0.2) is 107 Å². The Bertz CT molecular complexity index is 1510. The highest BCUT2D eigenvalue weighted by Crippen LogP contribution is 2.28. The Morgan fingerprint density at radius 2 is 1.55 bits per heavy atom. The molecule has 7 nitrogen and oxygen atoms in total. The highest BCUT2D eigenvalue weighted by atomic mass is 32.2. The molecule has 2 N–H and O–H groups in total. The number of nitrogens with zero attached hydrogens (tertiary/aromatic N) is 1. The van der Waals surface area contributed by atoms with E-state index >= 15 is 0 Å². The normalized spacial score (nSPS) is 12.8. The summed E-state index contributed by atoms with van der Waals surface area (Å²) in [5.41, 5.74) is 1.85. The molecule has 2 heterocycles. The first-order valence-electron chi connectivity index (χ1n) is 11.6. The van der Waals surface area contributed by atoms with Crippen molar-refractivity contribution in [3.63, 3.8) is 0 Å². The van der Waals surface area contributed by atoms with Gasteiger partial charge in [-0.05, 0) is 60.0 Å². The maximum absolute atomic E-state index is 13.2. The molecule has 0 aliphatic carbocycles. The van der Waals surface area contributed by atoms with Gasteiger partial charge in [0.25, 0.3) is 23.6 Å². The largest absolute Gasteiger partial charge is 0.321 e. The highest BCUT2D eigenvalue weighted by Gasteiger charge is 2.34. The third-order valence-electron chi connectivity index (χ3n) is 5.69. The molecule has 0 spiro atoms. The molecule has 0 saturated carbocycles. The molecule has 1 aromatic heterocycles. The van der Waals surface area contributed by atoms with Crippen LogP contribution in [-0.2, 0) is 4.79 Å². The van der Waals surface area contributed by atoms with E-state index in [1.807, 2.05) is 29.6 Å². The first-order valence-corrected chi connectivity index (χ1v) is 13.5. The van der Waals surface area contributed by atoms with Crippen LogP contribution in [0.25, 0.3) is 6.08 Å². The summed E-state index contributed by atoms with van der Waals surface area (Å²) in [4.78, 5) is 54.0. The molecule has 5 rings (SSSR count). The van der Waals surface area contributed by atoms with Crippen LogP contribution in [0.2, 0.25) is 0 Å². The SMILES string of the molecule is O=C(Nc1cccc(SCN2C(=O)c3ccccc3C2=O)c1)/C(=C\c1cccs1)NC(=O)c1ccccc1. The van der Waals surface area contributed by atoms with Gasteiger partial charge < -0.3 is 10.6 Å². The molecular weight excluding hydrogens is 518 g/mol. The third-order valence-corrected chi connectivity index (χ3v) is 7.48. The standard InChI is InChI=1S/C29H21N3O4S2/c33-26(19-8-2-1-3-9-19)31-25(17-22-12-7-15-37-22)27(34)30-20-10-6-11-21(16-20)38-18-32-28(35)23-13-4-5-14-24(23)29(32)36/h1-17H,18H2,(H,30,34)(H,31,33)/b25-17+. The Morgan fingerprint density at radius 1 is 0.842 bits per heavy atom. The molecule has 0 saturated heterocycles. The number of thiophene rings is 1. The predicted octanol–water partition coefficient (Wildman–Crippen LogP) is 5.50. The number of benzene rings is 3. The van der Waals surface area contributed by atoms with Crippen LogP contribution in [0.4, 0.5) is 5.69 Å². The molecule has 0 bridgehead atoms. The first kappa shape index (κ1) is 25.2. The molecule has 1 aliphatic rings. The van der Waals surface area contributed by atoms with E-state index in [1.54, 1.807) is 72.8 Å². The van der Waals surface area contributed by atoms with Gasteiger partial charge in [0, 0.05) is 21.0 Å². The van der Waals surface area contributed by atoms with Gasteiger partial charge in [-0.1, -0.05) is 42.5 Å². The van der Waals surface area contributed by atoms with Crippen LogP contribution in [0.1, 0.15) is 36.0 Å². The number of thioether (sulfide) groups is 1. The van der Waals surface area contributed by atoms with Gasteiger partial charge in [-0.3, -0.25) is 24.1 Å². The van der Waals surface area contributed by atoms with Crippen molar-refractivity contribution in [2.45, 2.75) is 4.90 Å². The van der Waals surface area contributed by atoms with E-state index in [0.717, 1.165) is 9.77 Å². The zero-order chi connectivity index (χ0) is 26.5. The summed E-state index contributed by atoms with van der Waals surface area (Å²) in [6, 6.07) is 26.2. The molecule has 0 radical (unpaired) electrons. The molecule has 3 aromatic carbocycles.